The average molecular weight is 553 g/mol. The van der Waals surface area contributed by atoms with Crippen LogP contribution in [0, 0.1) is 5.82 Å². The van der Waals surface area contributed by atoms with Gasteiger partial charge in [-0.25, -0.2) is 4.39 Å². The van der Waals surface area contributed by atoms with E-state index in [1.807, 2.05) is 17.0 Å². The third-order valence-corrected chi connectivity index (χ3v) is 7.14. The minimum Gasteiger partial charge on any atom is -0.336 e. The molecule has 1 heterocycles. The summed E-state index contributed by atoms with van der Waals surface area (Å²) in [5.41, 5.74) is 3.69. The lowest BCUT2D eigenvalue weighted by Gasteiger charge is -2.40. The van der Waals surface area contributed by atoms with Crippen LogP contribution in [0.25, 0.3) is 0 Å². The van der Waals surface area contributed by atoms with Gasteiger partial charge in [-0.1, -0.05) is 72.8 Å². The van der Waals surface area contributed by atoms with Crippen LogP contribution < -0.4 is 10.6 Å². The number of halogens is 1. The van der Waals surface area contributed by atoms with E-state index in [1.165, 1.54) is 35.4 Å². The van der Waals surface area contributed by atoms with Gasteiger partial charge in [-0.2, -0.15) is 0 Å². The van der Waals surface area contributed by atoms with Gasteiger partial charge in [0.15, 0.2) is 5.11 Å². The molecule has 2 amide bonds. The predicted molar refractivity (Wildman–Crippen MR) is 159 cm³/mol. The van der Waals surface area contributed by atoms with Gasteiger partial charge in [0.25, 0.3) is 11.8 Å². The summed E-state index contributed by atoms with van der Waals surface area (Å²) in [5, 5.41) is 5.62. The molecule has 0 bridgehead atoms. The summed E-state index contributed by atoms with van der Waals surface area (Å²) in [6.07, 6.45) is 0. The van der Waals surface area contributed by atoms with E-state index >= 15 is 0 Å². The Hall–Kier alpha value is -4.40. The van der Waals surface area contributed by atoms with Gasteiger partial charge >= 0.3 is 0 Å². The average Bonchev–Trinajstić information content (AvgIpc) is 2.99. The Kier molecular flexibility index (Phi) is 8.59. The van der Waals surface area contributed by atoms with Crippen molar-refractivity contribution in [1.29, 1.82) is 0 Å². The lowest BCUT2D eigenvalue weighted by Crippen LogP contribution is -2.50. The van der Waals surface area contributed by atoms with E-state index in [1.54, 1.807) is 24.3 Å². The van der Waals surface area contributed by atoms with Crippen molar-refractivity contribution in [2.24, 2.45) is 0 Å². The van der Waals surface area contributed by atoms with Gasteiger partial charge in [0.05, 0.1) is 17.3 Å². The smallest absolute Gasteiger partial charge is 0.257 e. The first kappa shape index (κ1) is 27.2. The number of nitrogens with one attached hydrogen (secondary N) is 2. The fourth-order valence-electron chi connectivity index (χ4n) is 4.95. The van der Waals surface area contributed by atoms with Gasteiger partial charge < -0.3 is 10.2 Å². The maximum atomic E-state index is 13.6. The van der Waals surface area contributed by atoms with Gasteiger partial charge in [-0.05, 0) is 59.7 Å². The van der Waals surface area contributed by atoms with Gasteiger partial charge in [0.1, 0.15) is 5.82 Å². The Balaban J connectivity index is 1.25. The van der Waals surface area contributed by atoms with Crippen LogP contribution >= 0.6 is 12.2 Å². The van der Waals surface area contributed by atoms with E-state index in [0.717, 1.165) is 13.1 Å². The lowest BCUT2D eigenvalue weighted by molar-refractivity contribution is 0.0598. The number of nitrogens with zero attached hydrogens (tertiary/aromatic N) is 2. The third kappa shape index (κ3) is 6.42. The normalized spacial score (nSPS) is 13.6. The standard InChI is InChI=1S/C32H29FN4O2S/c33-26-17-15-25(16-18-26)30(38)35-32(40)34-28-14-8-7-13-27(28)31(39)37-21-19-36(20-22-37)29(23-9-3-1-4-10-23)24-11-5-2-6-12-24/h1-18,29H,19-22H2,(H2,34,35,38,40). The van der Waals surface area contributed by atoms with Crippen molar-refractivity contribution in [3.05, 3.63) is 137 Å². The minimum atomic E-state index is -0.469. The molecule has 4 aromatic rings. The number of piperazine rings is 1. The van der Waals surface area contributed by atoms with Crippen LogP contribution in [0.3, 0.4) is 0 Å². The molecule has 0 saturated carbocycles. The Morgan fingerprint density at radius 1 is 0.725 bits per heavy atom. The van der Waals surface area contributed by atoms with Crippen LogP contribution in [-0.2, 0) is 0 Å². The first-order chi connectivity index (χ1) is 19.5. The van der Waals surface area contributed by atoms with Crippen molar-refractivity contribution < 1.29 is 14.0 Å². The molecule has 1 saturated heterocycles. The highest BCUT2D eigenvalue weighted by atomic mass is 32.1. The van der Waals surface area contributed by atoms with Crippen LogP contribution in [-0.4, -0.2) is 52.9 Å². The van der Waals surface area contributed by atoms with Crippen LogP contribution in [0.2, 0.25) is 0 Å². The second-order valence-electron chi connectivity index (χ2n) is 9.51. The number of carbonyl (C=O) groups excluding carboxylic acids is 2. The SMILES string of the molecule is O=C(NC(=S)Nc1ccccc1C(=O)N1CCN(C(c2ccccc2)c2ccccc2)CC1)c1ccc(F)cc1. The van der Waals surface area contributed by atoms with E-state index in [-0.39, 0.29) is 22.6 Å². The highest BCUT2D eigenvalue weighted by Crippen LogP contribution is 2.30. The second-order valence-corrected chi connectivity index (χ2v) is 9.92. The largest absolute Gasteiger partial charge is 0.336 e. The monoisotopic (exact) mass is 552 g/mol. The molecule has 202 valence electrons. The number of carbonyl (C=O) groups is 2. The van der Waals surface area contributed by atoms with E-state index < -0.39 is 11.7 Å². The second kappa shape index (κ2) is 12.6. The number of hydrogen-bond donors (Lipinski definition) is 2. The molecule has 4 aromatic carbocycles. The van der Waals surface area contributed by atoms with E-state index in [9.17, 15) is 14.0 Å². The first-order valence-electron chi connectivity index (χ1n) is 13.1. The van der Waals surface area contributed by atoms with Crippen LogP contribution in [0.1, 0.15) is 37.9 Å². The number of thiocarbonyl (C=S) groups is 1. The highest BCUT2D eigenvalue weighted by molar-refractivity contribution is 7.80. The van der Waals surface area contributed by atoms with Gasteiger partial charge in [0, 0.05) is 31.7 Å². The molecular weight excluding hydrogens is 523 g/mol. The van der Waals surface area contributed by atoms with E-state index in [2.05, 4.69) is 64.1 Å². The molecule has 1 aliphatic heterocycles. The van der Waals surface area contributed by atoms with Gasteiger partial charge in [-0.15, -0.1) is 0 Å². The predicted octanol–water partition coefficient (Wildman–Crippen LogP) is 5.50. The van der Waals surface area contributed by atoms with E-state index in [4.69, 9.17) is 12.2 Å². The molecule has 0 atom stereocenters. The summed E-state index contributed by atoms with van der Waals surface area (Å²) in [5.74, 6) is -1.00. The number of benzene rings is 4. The van der Waals surface area contributed by atoms with Crippen molar-refractivity contribution >= 4 is 34.8 Å². The molecule has 0 spiro atoms. The summed E-state index contributed by atoms with van der Waals surface area (Å²) < 4.78 is 13.2. The van der Waals surface area contributed by atoms with Crippen LogP contribution in [0.5, 0.6) is 0 Å². The Morgan fingerprint density at radius 3 is 1.88 bits per heavy atom. The Labute approximate surface area is 238 Å². The molecule has 0 aromatic heterocycles. The topological polar surface area (TPSA) is 64.7 Å². The van der Waals surface area contributed by atoms with Crippen molar-refractivity contribution in [2.45, 2.75) is 6.04 Å². The highest BCUT2D eigenvalue weighted by Gasteiger charge is 2.29. The van der Waals surface area contributed by atoms with E-state index in [0.29, 0.717) is 24.3 Å². The third-order valence-electron chi connectivity index (χ3n) is 6.94. The number of anilines is 1. The summed E-state index contributed by atoms with van der Waals surface area (Å²) >= 11 is 5.33. The summed E-state index contributed by atoms with van der Waals surface area (Å²) in [4.78, 5) is 30.3. The van der Waals surface area contributed by atoms with Gasteiger partial charge in [-0.3, -0.25) is 19.8 Å². The zero-order valence-electron chi connectivity index (χ0n) is 21.8. The Morgan fingerprint density at radius 2 is 1.27 bits per heavy atom. The first-order valence-corrected chi connectivity index (χ1v) is 13.5. The number of rotatable bonds is 6. The quantitative estimate of drug-likeness (QED) is 0.310. The van der Waals surface area contributed by atoms with Crippen molar-refractivity contribution in [1.82, 2.24) is 15.1 Å². The molecular formula is C32H29FN4O2S. The molecule has 40 heavy (non-hydrogen) atoms. The minimum absolute atomic E-state index is 0.0490. The summed E-state index contributed by atoms with van der Waals surface area (Å²) in [7, 11) is 0. The summed E-state index contributed by atoms with van der Waals surface area (Å²) in [6, 6.07) is 33.2. The fraction of sp³-hybridized carbons (Fsp3) is 0.156. The lowest BCUT2D eigenvalue weighted by atomic mass is 9.96. The fourth-order valence-corrected chi connectivity index (χ4v) is 5.15. The zero-order chi connectivity index (χ0) is 27.9. The molecule has 2 N–H and O–H groups in total. The van der Waals surface area contributed by atoms with Crippen molar-refractivity contribution in [3.63, 3.8) is 0 Å². The summed E-state index contributed by atoms with van der Waals surface area (Å²) in [6.45, 7) is 2.61. The number of amides is 2. The maximum absolute atomic E-state index is 13.6. The molecule has 0 unspecified atom stereocenters. The molecule has 8 heteroatoms. The van der Waals surface area contributed by atoms with Crippen molar-refractivity contribution in [3.8, 4) is 0 Å². The zero-order valence-corrected chi connectivity index (χ0v) is 22.6. The van der Waals surface area contributed by atoms with Crippen LogP contribution in [0.4, 0.5) is 10.1 Å². The van der Waals surface area contributed by atoms with Gasteiger partial charge in [0.2, 0.25) is 0 Å². The van der Waals surface area contributed by atoms with Crippen LogP contribution in [0.15, 0.2) is 109 Å². The molecule has 6 nitrogen and oxygen atoms in total. The molecule has 1 fully saturated rings. The molecule has 0 aliphatic carbocycles. The Bertz CT molecular complexity index is 1430. The maximum Gasteiger partial charge on any atom is 0.257 e. The molecule has 1 aliphatic rings. The molecule has 5 rings (SSSR count). The molecule has 0 radical (unpaired) electrons. The number of para-hydroxylation sites is 1. The number of hydrogen-bond acceptors (Lipinski definition) is 4. The van der Waals surface area contributed by atoms with Crippen molar-refractivity contribution in [2.75, 3.05) is 31.5 Å².